The first-order valence-corrected chi connectivity index (χ1v) is 5.97. The topological polar surface area (TPSA) is 103 Å². The molecule has 1 aromatic carbocycles. The molecule has 2 aromatic rings. The number of carbonyl (C=O) groups is 1. The van der Waals surface area contributed by atoms with Gasteiger partial charge in [0.2, 0.25) is 0 Å². The van der Waals surface area contributed by atoms with E-state index in [-0.39, 0.29) is 17.2 Å². The Morgan fingerprint density at radius 2 is 1.95 bits per heavy atom. The molecule has 1 aromatic heterocycles. The minimum absolute atomic E-state index is 0.00857. The van der Waals surface area contributed by atoms with Crippen LogP contribution >= 0.6 is 0 Å². The van der Waals surface area contributed by atoms with Gasteiger partial charge in [-0.3, -0.25) is 9.36 Å². The van der Waals surface area contributed by atoms with Gasteiger partial charge in [0.25, 0.3) is 0 Å². The lowest BCUT2D eigenvalue weighted by Gasteiger charge is -2.10. The van der Waals surface area contributed by atoms with Crippen molar-refractivity contribution >= 4 is 5.97 Å². The molecular weight excluding hydrogens is 278 g/mol. The highest BCUT2D eigenvalue weighted by Crippen LogP contribution is 2.23. The SMILES string of the molecule is Cc1ccc(C(=O)O)c(Oc2nn(C)c(=O)n(C)c2=O)c1. The van der Waals surface area contributed by atoms with Crippen molar-refractivity contribution in [2.45, 2.75) is 6.92 Å². The number of nitrogens with zero attached hydrogens (tertiary/aromatic N) is 3. The zero-order valence-corrected chi connectivity index (χ0v) is 11.7. The molecule has 110 valence electrons. The molecule has 21 heavy (non-hydrogen) atoms. The normalized spacial score (nSPS) is 10.4. The number of aromatic carboxylic acids is 1. The van der Waals surface area contributed by atoms with Crippen LogP contribution in [-0.4, -0.2) is 25.4 Å². The summed E-state index contributed by atoms with van der Waals surface area (Å²) in [6.07, 6.45) is 0. The Morgan fingerprint density at radius 3 is 2.57 bits per heavy atom. The molecule has 1 N–H and O–H groups in total. The van der Waals surface area contributed by atoms with Crippen LogP contribution in [0.1, 0.15) is 15.9 Å². The van der Waals surface area contributed by atoms with Gasteiger partial charge in [-0.25, -0.2) is 14.3 Å². The van der Waals surface area contributed by atoms with Gasteiger partial charge in [-0.15, -0.1) is 5.10 Å². The molecule has 2 rings (SSSR count). The van der Waals surface area contributed by atoms with Gasteiger partial charge in [-0.2, -0.15) is 0 Å². The molecule has 0 radical (unpaired) electrons. The van der Waals surface area contributed by atoms with Gasteiger partial charge >= 0.3 is 23.1 Å². The highest BCUT2D eigenvalue weighted by Gasteiger charge is 2.16. The van der Waals surface area contributed by atoms with Gasteiger partial charge in [-0.05, 0) is 24.6 Å². The third-order valence-electron chi connectivity index (χ3n) is 2.87. The van der Waals surface area contributed by atoms with Crippen molar-refractivity contribution in [2.24, 2.45) is 14.1 Å². The van der Waals surface area contributed by atoms with Gasteiger partial charge in [0, 0.05) is 14.1 Å². The summed E-state index contributed by atoms with van der Waals surface area (Å²) in [6.45, 7) is 1.75. The van der Waals surface area contributed by atoms with Crippen molar-refractivity contribution < 1.29 is 14.6 Å². The van der Waals surface area contributed by atoms with E-state index in [1.165, 1.54) is 26.2 Å². The molecule has 0 aliphatic rings. The fourth-order valence-corrected chi connectivity index (χ4v) is 1.73. The van der Waals surface area contributed by atoms with E-state index in [1.54, 1.807) is 13.0 Å². The number of hydrogen-bond acceptors (Lipinski definition) is 5. The predicted molar refractivity (Wildman–Crippen MR) is 72.9 cm³/mol. The summed E-state index contributed by atoms with van der Waals surface area (Å²) in [6, 6.07) is 4.47. The Kier molecular flexibility index (Phi) is 3.62. The van der Waals surface area contributed by atoms with E-state index in [2.05, 4.69) is 5.10 Å². The molecule has 0 aliphatic carbocycles. The van der Waals surface area contributed by atoms with E-state index in [1.807, 2.05) is 0 Å². The molecular formula is C13H13N3O5. The van der Waals surface area contributed by atoms with E-state index in [9.17, 15) is 14.4 Å². The van der Waals surface area contributed by atoms with Gasteiger partial charge in [-0.1, -0.05) is 6.07 Å². The van der Waals surface area contributed by atoms with Crippen LogP contribution in [0, 0.1) is 6.92 Å². The summed E-state index contributed by atoms with van der Waals surface area (Å²) < 4.78 is 7.08. The van der Waals surface area contributed by atoms with Gasteiger partial charge < -0.3 is 9.84 Å². The molecule has 0 saturated carbocycles. The van der Waals surface area contributed by atoms with Crippen molar-refractivity contribution in [2.75, 3.05) is 0 Å². The summed E-state index contributed by atoms with van der Waals surface area (Å²) in [5.41, 5.74) is -0.680. The Morgan fingerprint density at radius 1 is 1.29 bits per heavy atom. The van der Waals surface area contributed by atoms with E-state index >= 15 is 0 Å². The lowest BCUT2D eigenvalue weighted by Crippen LogP contribution is -2.38. The molecule has 8 heteroatoms. The Hall–Kier alpha value is -2.90. The number of hydrogen-bond donors (Lipinski definition) is 1. The number of ether oxygens (including phenoxy) is 1. The lowest BCUT2D eigenvalue weighted by atomic mass is 10.1. The van der Waals surface area contributed by atoms with E-state index in [4.69, 9.17) is 9.84 Å². The smallest absolute Gasteiger partial charge is 0.347 e. The summed E-state index contributed by atoms with van der Waals surface area (Å²) in [5, 5.41) is 12.8. The second-order valence-electron chi connectivity index (χ2n) is 4.48. The van der Waals surface area contributed by atoms with Crippen molar-refractivity contribution in [3.63, 3.8) is 0 Å². The zero-order chi connectivity index (χ0) is 15.7. The molecule has 0 fully saturated rings. The van der Waals surface area contributed by atoms with Crippen LogP contribution in [0.3, 0.4) is 0 Å². The maximum Gasteiger partial charge on any atom is 0.347 e. The van der Waals surface area contributed by atoms with E-state index in [0.717, 1.165) is 14.8 Å². The zero-order valence-electron chi connectivity index (χ0n) is 11.7. The number of carboxylic acids is 1. The molecule has 0 unspecified atom stereocenters. The highest BCUT2D eigenvalue weighted by molar-refractivity contribution is 5.91. The Labute approximate surface area is 118 Å². The third kappa shape index (κ3) is 2.69. The third-order valence-corrected chi connectivity index (χ3v) is 2.87. The standard InChI is InChI=1S/C13H13N3O5/c1-7-4-5-8(12(18)19)9(6-7)21-10-11(17)15(2)13(20)16(3)14-10/h4-6H,1-3H3,(H,18,19). The predicted octanol–water partition coefficient (Wildman–Crippen LogP) is 0.278. The first-order chi connectivity index (χ1) is 9.81. The molecule has 0 amide bonds. The maximum atomic E-state index is 11.9. The molecule has 0 atom stereocenters. The van der Waals surface area contributed by atoms with Crippen LogP contribution in [0.2, 0.25) is 0 Å². The minimum atomic E-state index is -1.19. The van der Waals surface area contributed by atoms with Crippen LogP contribution < -0.4 is 16.0 Å². The number of aryl methyl sites for hydroxylation is 2. The molecule has 1 heterocycles. The van der Waals surface area contributed by atoms with Crippen LogP contribution in [-0.2, 0) is 14.1 Å². The molecule has 0 aliphatic heterocycles. The summed E-state index contributed by atoms with van der Waals surface area (Å²) in [5.74, 6) is -1.56. The van der Waals surface area contributed by atoms with Crippen molar-refractivity contribution in [1.82, 2.24) is 14.3 Å². The summed E-state index contributed by atoms with van der Waals surface area (Å²) in [4.78, 5) is 34.6. The molecule has 0 saturated heterocycles. The first kappa shape index (κ1) is 14.5. The molecule has 0 bridgehead atoms. The largest absolute Gasteiger partial charge is 0.478 e. The van der Waals surface area contributed by atoms with Crippen LogP contribution in [0.5, 0.6) is 11.6 Å². The Balaban J connectivity index is 2.58. The summed E-state index contributed by atoms with van der Waals surface area (Å²) in [7, 11) is 2.65. The second-order valence-corrected chi connectivity index (χ2v) is 4.48. The maximum absolute atomic E-state index is 11.9. The van der Waals surface area contributed by atoms with Crippen molar-refractivity contribution in [3.05, 3.63) is 50.2 Å². The summed E-state index contributed by atoms with van der Waals surface area (Å²) >= 11 is 0. The lowest BCUT2D eigenvalue weighted by molar-refractivity contribution is 0.0694. The monoisotopic (exact) mass is 291 g/mol. The number of rotatable bonds is 3. The molecule has 0 spiro atoms. The highest BCUT2D eigenvalue weighted by atomic mass is 16.5. The number of carboxylic acid groups (broad SMARTS) is 1. The van der Waals surface area contributed by atoms with Crippen molar-refractivity contribution in [3.8, 4) is 11.6 Å². The first-order valence-electron chi connectivity index (χ1n) is 5.97. The van der Waals surface area contributed by atoms with Crippen LogP contribution in [0.4, 0.5) is 0 Å². The average Bonchev–Trinajstić information content (AvgIpc) is 2.42. The number of aromatic nitrogens is 3. The van der Waals surface area contributed by atoms with Crippen LogP contribution in [0.15, 0.2) is 27.8 Å². The quantitative estimate of drug-likeness (QED) is 0.871. The number of benzene rings is 1. The second kappa shape index (κ2) is 5.23. The van der Waals surface area contributed by atoms with Crippen LogP contribution in [0.25, 0.3) is 0 Å². The van der Waals surface area contributed by atoms with E-state index < -0.39 is 17.2 Å². The van der Waals surface area contributed by atoms with Gasteiger partial charge in [0.15, 0.2) is 0 Å². The van der Waals surface area contributed by atoms with E-state index in [0.29, 0.717) is 0 Å². The Bertz CT molecular complexity index is 835. The van der Waals surface area contributed by atoms with Crippen molar-refractivity contribution in [1.29, 1.82) is 0 Å². The fourth-order valence-electron chi connectivity index (χ4n) is 1.73. The minimum Gasteiger partial charge on any atom is -0.478 e. The van der Waals surface area contributed by atoms with Gasteiger partial charge in [0.1, 0.15) is 11.3 Å². The van der Waals surface area contributed by atoms with Gasteiger partial charge in [0.05, 0.1) is 0 Å². The fraction of sp³-hybridized carbons (Fsp3) is 0.231. The molecule has 8 nitrogen and oxygen atoms in total. The average molecular weight is 291 g/mol.